The van der Waals surface area contributed by atoms with Crippen molar-refractivity contribution in [1.82, 2.24) is 20.3 Å². The third kappa shape index (κ3) is 3.04. The van der Waals surface area contributed by atoms with E-state index >= 15 is 0 Å². The molecule has 0 aromatic carbocycles. The Kier molecular flexibility index (Phi) is 3.34. The molecular formula is C11H13N5O. The second-order valence-electron chi connectivity index (χ2n) is 3.51. The van der Waals surface area contributed by atoms with Gasteiger partial charge >= 0.3 is 0 Å². The minimum atomic E-state index is -0.161. The van der Waals surface area contributed by atoms with Crippen LogP contribution in [0.2, 0.25) is 0 Å². The van der Waals surface area contributed by atoms with Gasteiger partial charge in [-0.2, -0.15) is 0 Å². The highest BCUT2D eigenvalue weighted by Crippen LogP contribution is 2.02. The number of H-pyrrole nitrogens is 1. The lowest BCUT2D eigenvalue weighted by atomic mass is 10.2. The van der Waals surface area contributed by atoms with E-state index < -0.39 is 0 Å². The van der Waals surface area contributed by atoms with E-state index in [1.807, 2.05) is 0 Å². The summed E-state index contributed by atoms with van der Waals surface area (Å²) in [6.45, 7) is 0.522. The molecule has 4 N–H and O–H groups in total. The highest BCUT2D eigenvalue weighted by Gasteiger charge is 2.05. The van der Waals surface area contributed by atoms with Gasteiger partial charge in [-0.05, 0) is 12.1 Å². The molecule has 1 amide bonds. The highest BCUT2D eigenvalue weighted by molar-refractivity contribution is 5.94. The van der Waals surface area contributed by atoms with Gasteiger partial charge in [0.15, 0.2) is 0 Å². The smallest absolute Gasteiger partial charge is 0.251 e. The predicted molar refractivity (Wildman–Crippen MR) is 63.3 cm³/mol. The normalized spacial score (nSPS) is 10.1. The van der Waals surface area contributed by atoms with Crippen LogP contribution in [0.5, 0.6) is 0 Å². The van der Waals surface area contributed by atoms with E-state index in [9.17, 15) is 4.79 Å². The first kappa shape index (κ1) is 11.1. The van der Waals surface area contributed by atoms with E-state index in [0.717, 1.165) is 5.82 Å². The first-order chi connectivity index (χ1) is 8.25. The zero-order chi connectivity index (χ0) is 12.1. The third-order valence-electron chi connectivity index (χ3n) is 2.25. The summed E-state index contributed by atoms with van der Waals surface area (Å²) < 4.78 is 0. The molecule has 0 aliphatic carbocycles. The van der Waals surface area contributed by atoms with Crippen molar-refractivity contribution in [1.29, 1.82) is 0 Å². The molecule has 2 heterocycles. The van der Waals surface area contributed by atoms with Crippen LogP contribution in [0.4, 0.5) is 5.82 Å². The Hall–Kier alpha value is -2.37. The van der Waals surface area contributed by atoms with E-state index in [1.165, 1.54) is 6.20 Å². The molecule has 0 radical (unpaired) electrons. The monoisotopic (exact) mass is 231 g/mol. The Morgan fingerprint density at radius 2 is 2.29 bits per heavy atom. The number of amides is 1. The number of hydrogen-bond donors (Lipinski definition) is 3. The standard InChI is InChI=1S/C11H13N5O/c12-9-7-8(1-3-13-9)11(17)16-4-2-10-14-5-6-15-10/h1,3,5-7H,2,4H2,(H2,12,13)(H,14,15)(H,16,17). The van der Waals surface area contributed by atoms with E-state index in [-0.39, 0.29) is 5.91 Å². The van der Waals surface area contributed by atoms with Crippen LogP contribution in [0.3, 0.4) is 0 Å². The molecule has 0 spiro atoms. The summed E-state index contributed by atoms with van der Waals surface area (Å²) in [6, 6.07) is 3.17. The number of aromatic amines is 1. The zero-order valence-electron chi connectivity index (χ0n) is 9.18. The van der Waals surface area contributed by atoms with Crippen LogP contribution in [0.1, 0.15) is 16.2 Å². The lowest BCUT2D eigenvalue weighted by molar-refractivity contribution is 0.0954. The molecule has 0 aliphatic heterocycles. The Balaban J connectivity index is 1.85. The fraction of sp³-hybridized carbons (Fsp3) is 0.182. The summed E-state index contributed by atoms with van der Waals surface area (Å²) in [7, 11) is 0. The van der Waals surface area contributed by atoms with E-state index in [2.05, 4.69) is 20.3 Å². The average Bonchev–Trinajstić information content (AvgIpc) is 2.82. The average molecular weight is 231 g/mol. The molecule has 6 heteroatoms. The zero-order valence-corrected chi connectivity index (χ0v) is 9.18. The highest BCUT2D eigenvalue weighted by atomic mass is 16.1. The summed E-state index contributed by atoms with van der Waals surface area (Å²) in [6.07, 6.45) is 5.61. The second kappa shape index (κ2) is 5.11. The van der Waals surface area contributed by atoms with E-state index in [0.29, 0.717) is 24.3 Å². The topological polar surface area (TPSA) is 96.7 Å². The van der Waals surface area contributed by atoms with Crippen LogP contribution in [0.15, 0.2) is 30.7 Å². The number of aromatic nitrogens is 3. The van der Waals surface area contributed by atoms with Crippen LogP contribution >= 0.6 is 0 Å². The number of rotatable bonds is 4. The lowest BCUT2D eigenvalue weighted by Crippen LogP contribution is -2.26. The fourth-order valence-corrected chi connectivity index (χ4v) is 1.42. The number of nitrogens with zero attached hydrogens (tertiary/aromatic N) is 2. The Morgan fingerprint density at radius 1 is 1.41 bits per heavy atom. The molecule has 0 saturated heterocycles. The maximum atomic E-state index is 11.7. The Morgan fingerprint density at radius 3 is 3.00 bits per heavy atom. The molecule has 6 nitrogen and oxygen atoms in total. The van der Waals surface area contributed by atoms with Gasteiger partial charge in [0.2, 0.25) is 0 Å². The molecule has 0 saturated carbocycles. The Bertz CT molecular complexity index is 494. The number of nitrogen functional groups attached to an aromatic ring is 1. The molecule has 0 atom stereocenters. The van der Waals surface area contributed by atoms with E-state index in [1.54, 1.807) is 24.5 Å². The van der Waals surface area contributed by atoms with Gasteiger partial charge in [0.05, 0.1) is 0 Å². The molecule has 17 heavy (non-hydrogen) atoms. The largest absolute Gasteiger partial charge is 0.384 e. The van der Waals surface area contributed by atoms with Crippen molar-refractivity contribution in [3.63, 3.8) is 0 Å². The molecule has 0 unspecified atom stereocenters. The fourth-order valence-electron chi connectivity index (χ4n) is 1.42. The van der Waals surface area contributed by atoms with Gasteiger partial charge in [-0.15, -0.1) is 0 Å². The molecule has 2 aromatic heterocycles. The molecule has 88 valence electrons. The summed E-state index contributed by atoms with van der Waals surface area (Å²) in [4.78, 5) is 22.6. The number of nitrogens with one attached hydrogen (secondary N) is 2. The van der Waals surface area contributed by atoms with Crippen molar-refractivity contribution in [2.75, 3.05) is 12.3 Å². The first-order valence-corrected chi connectivity index (χ1v) is 5.23. The van der Waals surface area contributed by atoms with Crippen LogP contribution in [0.25, 0.3) is 0 Å². The van der Waals surface area contributed by atoms with Gasteiger partial charge in [0.1, 0.15) is 11.6 Å². The number of pyridine rings is 1. The molecular weight excluding hydrogens is 218 g/mol. The van der Waals surface area contributed by atoms with Gasteiger partial charge in [-0.25, -0.2) is 9.97 Å². The lowest BCUT2D eigenvalue weighted by Gasteiger charge is -2.04. The van der Waals surface area contributed by atoms with Gasteiger partial charge in [0, 0.05) is 37.1 Å². The van der Waals surface area contributed by atoms with Gasteiger partial charge < -0.3 is 16.0 Å². The van der Waals surface area contributed by atoms with Gasteiger partial charge in [-0.3, -0.25) is 4.79 Å². The van der Waals surface area contributed by atoms with Crippen molar-refractivity contribution in [2.45, 2.75) is 6.42 Å². The van der Waals surface area contributed by atoms with Crippen molar-refractivity contribution in [2.24, 2.45) is 0 Å². The summed E-state index contributed by atoms with van der Waals surface area (Å²) >= 11 is 0. The van der Waals surface area contributed by atoms with Gasteiger partial charge in [0.25, 0.3) is 5.91 Å². The quantitative estimate of drug-likeness (QED) is 0.707. The summed E-state index contributed by atoms with van der Waals surface area (Å²) in [5, 5.41) is 2.78. The Labute approximate surface area is 98.3 Å². The SMILES string of the molecule is Nc1cc(C(=O)NCCc2ncc[nH]2)ccn1. The molecule has 0 aliphatic rings. The minimum Gasteiger partial charge on any atom is -0.384 e. The van der Waals surface area contributed by atoms with Crippen molar-refractivity contribution >= 4 is 11.7 Å². The number of carbonyl (C=O) groups is 1. The number of carbonyl (C=O) groups excluding carboxylic acids is 1. The van der Waals surface area contributed by atoms with Gasteiger partial charge in [-0.1, -0.05) is 0 Å². The van der Waals surface area contributed by atoms with E-state index in [4.69, 9.17) is 5.73 Å². The summed E-state index contributed by atoms with van der Waals surface area (Å²) in [5.74, 6) is 1.02. The van der Waals surface area contributed by atoms with Crippen LogP contribution in [-0.4, -0.2) is 27.4 Å². The van der Waals surface area contributed by atoms with Crippen molar-refractivity contribution in [3.05, 3.63) is 42.1 Å². The maximum absolute atomic E-state index is 11.7. The summed E-state index contributed by atoms with van der Waals surface area (Å²) in [5.41, 5.74) is 6.01. The number of hydrogen-bond acceptors (Lipinski definition) is 4. The number of imidazole rings is 1. The number of nitrogens with two attached hydrogens (primary N) is 1. The van der Waals surface area contributed by atoms with Crippen LogP contribution < -0.4 is 11.1 Å². The third-order valence-corrected chi connectivity index (χ3v) is 2.25. The van der Waals surface area contributed by atoms with Crippen LogP contribution in [-0.2, 0) is 6.42 Å². The second-order valence-corrected chi connectivity index (χ2v) is 3.51. The minimum absolute atomic E-state index is 0.161. The molecule has 2 aromatic rings. The van der Waals surface area contributed by atoms with Crippen molar-refractivity contribution in [3.8, 4) is 0 Å². The first-order valence-electron chi connectivity index (χ1n) is 5.23. The predicted octanol–water partition coefficient (Wildman–Crippen LogP) is 0.359. The number of anilines is 1. The molecule has 0 fully saturated rings. The van der Waals surface area contributed by atoms with Crippen LogP contribution in [0, 0.1) is 0 Å². The van der Waals surface area contributed by atoms with Crippen molar-refractivity contribution < 1.29 is 4.79 Å². The maximum Gasteiger partial charge on any atom is 0.251 e. The molecule has 0 bridgehead atoms. The molecule has 2 rings (SSSR count).